The van der Waals surface area contributed by atoms with Gasteiger partial charge >= 0.3 is 7.52 Å². The molecule has 1 atom stereocenters. The van der Waals surface area contributed by atoms with E-state index in [1.807, 2.05) is 101 Å². The Balaban J connectivity index is 1.48. The first-order chi connectivity index (χ1) is 16.2. The van der Waals surface area contributed by atoms with E-state index in [0.29, 0.717) is 17.6 Å². The summed E-state index contributed by atoms with van der Waals surface area (Å²) in [7, 11) is -3.46. The Hall–Kier alpha value is -2.89. The summed E-state index contributed by atoms with van der Waals surface area (Å²) in [5.74, 6) is 0.641. The Morgan fingerprint density at radius 2 is 1.52 bits per heavy atom. The van der Waals surface area contributed by atoms with Gasteiger partial charge in [-0.1, -0.05) is 78.9 Å². The van der Waals surface area contributed by atoms with Crippen molar-refractivity contribution in [2.24, 2.45) is 0 Å². The fourth-order valence-electron chi connectivity index (χ4n) is 3.96. The van der Waals surface area contributed by atoms with Gasteiger partial charge in [-0.2, -0.15) is 4.08 Å². The molecule has 6 rings (SSSR count). The molecule has 0 amide bonds. The quantitative estimate of drug-likeness (QED) is 0.191. The lowest BCUT2D eigenvalue weighted by Gasteiger charge is -2.34. The number of hydrogen-bond donors (Lipinski definition) is 0. The van der Waals surface area contributed by atoms with Gasteiger partial charge in [0.15, 0.2) is 4.34 Å². The van der Waals surface area contributed by atoms with Crippen LogP contribution in [0.1, 0.15) is 5.56 Å². The Morgan fingerprint density at radius 3 is 2.36 bits per heavy atom. The molecule has 0 saturated heterocycles. The molecule has 0 fully saturated rings. The molecule has 7 heteroatoms. The van der Waals surface area contributed by atoms with E-state index in [4.69, 9.17) is 9.51 Å². The standard InChI is InChI=1S/C26H19N2O2PS2/c29-31(24-16-8-5-13-21(24)20-12-4-7-15-23(20)30-31)28(18-19-10-2-1-3-11-19)33-26-27-22-14-6-9-17-25(22)32-26/h1-17H,18H2. The summed E-state index contributed by atoms with van der Waals surface area (Å²) in [4.78, 5) is 4.78. The van der Waals surface area contributed by atoms with Crippen LogP contribution in [0.5, 0.6) is 5.75 Å². The van der Waals surface area contributed by atoms with E-state index < -0.39 is 7.52 Å². The third kappa shape index (κ3) is 3.79. The van der Waals surface area contributed by atoms with Crippen molar-refractivity contribution >= 4 is 46.3 Å². The lowest BCUT2D eigenvalue weighted by atomic mass is 10.0. The first-order valence-corrected chi connectivity index (χ1v) is 13.7. The van der Waals surface area contributed by atoms with Crippen LogP contribution >= 0.6 is 30.8 Å². The number of rotatable bonds is 5. The molecule has 4 aromatic carbocycles. The van der Waals surface area contributed by atoms with Gasteiger partial charge in [0.1, 0.15) is 5.75 Å². The molecule has 0 N–H and O–H groups in total. The van der Waals surface area contributed by atoms with Crippen LogP contribution in [0.3, 0.4) is 0 Å². The monoisotopic (exact) mass is 486 g/mol. The molecule has 5 aromatic rings. The van der Waals surface area contributed by atoms with Crippen LogP contribution in [0.25, 0.3) is 21.3 Å². The largest absolute Gasteiger partial charge is 0.428 e. The molecule has 162 valence electrons. The van der Waals surface area contributed by atoms with Crippen molar-refractivity contribution < 1.29 is 9.09 Å². The summed E-state index contributed by atoms with van der Waals surface area (Å²) < 4.78 is 25.0. The molecule has 0 radical (unpaired) electrons. The Kier molecular flexibility index (Phi) is 5.31. The third-order valence-electron chi connectivity index (χ3n) is 5.52. The number of thiazole rings is 1. The smallest absolute Gasteiger partial charge is 0.360 e. The van der Waals surface area contributed by atoms with Gasteiger partial charge in [0.2, 0.25) is 0 Å². The van der Waals surface area contributed by atoms with Crippen molar-refractivity contribution in [1.29, 1.82) is 0 Å². The molecule has 33 heavy (non-hydrogen) atoms. The van der Waals surface area contributed by atoms with Gasteiger partial charge in [-0.25, -0.2) is 4.98 Å². The van der Waals surface area contributed by atoms with E-state index >= 15 is 0 Å². The highest BCUT2D eigenvalue weighted by Gasteiger charge is 2.42. The molecule has 1 aromatic heterocycles. The molecule has 4 nitrogen and oxygen atoms in total. The normalized spacial score (nSPS) is 16.9. The number of benzene rings is 4. The fraction of sp³-hybridized carbons (Fsp3) is 0.0385. The average molecular weight is 487 g/mol. The topological polar surface area (TPSA) is 42.4 Å². The Bertz CT molecular complexity index is 1470. The second-order valence-corrected chi connectivity index (χ2v) is 12.4. The second kappa shape index (κ2) is 8.47. The maximum absolute atomic E-state index is 14.8. The zero-order valence-corrected chi connectivity index (χ0v) is 20.0. The second-order valence-electron chi connectivity index (χ2n) is 7.66. The zero-order chi connectivity index (χ0) is 22.3. The first kappa shape index (κ1) is 20.7. The first-order valence-electron chi connectivity index (χ1n) is 10.5. The summed E-state index contributed by atoms with van der Waals surface area (Å²) in [5.41, 5.74) is 3.91. The highest BCUT2D eigenvalue weighted by molar-refractivity contribution is 8.04. The number of aromatic nitrogens is 1. The molecule has 1 aliphatic heterocycles. The van der Waals surface area contributed by atoms with Crippen LogP contribution in [-0.4, -0.2) is 9.06 Å². The highest BCUT2D eigenvalue weighted by atomic mass is 32.2. The van der Waals surface area contributed by atoms with Crippen LogP contribution in [0, 0.1) is 0 Å². The summed E-state index contributed by atoms with van der Waals surface area (Å²) in [6.45, 7) is 0.454. The van der Waals surface area contributed by atoms with Crippen molar-refractivity contribution in [1.82, 2.24) is 9.06 Å². The van der Waals surface area contributed by atoms with Crippen molar-refractivity contribution in [2.45, 2.75) is 10.9 Å². The minimum atomic E-state index is -3.46. The van der Waals surface area contributed by atoms with Crippen LogP contribution < -0.4 is 9.83 Å². The number of fused-ring (bicyclic) bond motifs is 4. The Morgan fingerprint density at radius 1 is 0.818 bits per heavy atom. The van der Waals surface area contributed by atoms with Gasteiger partial charge < -0.3 is 4.52 Å². The van der Waals surface area contributed by atoms with Gasteiger partial charge in [-0.05, 0) is 41.8 Å². The van der Waals surface area contributed by atoms with Gasteiger partial charge in [-0.15, -0.1) is 11.3 Å². The number of hydrogen-bond acceptors (Lipinski definition) is 5. The van der Waals surface area contributed by atoms with E-state index in [1.54, 1.807) is 11.3 Å². The van der Waals surface area contributed by atoms with E-state index in [2.05, 4.69) is 6.07 Å². The van der Waals surface area contributed by atoms with E-state index in [1.165, 1.54) is 11.9 Å². The molecular formula is C26H19N2O2PS2. The van der Waals surface area contributed by atoms with Gasteiger partial charge in [0.05, 0.1) is 15.5 Å². The van der Waals surface area contributed by atoms with Gasteiger partial charge in [-0.3, -0.25) is 4.57 Å². The third-order valence-corrected chi connectivity index (χ3v) is 10.5. The summed E-state index contributed by atoms with van der Waals surface area (Å²) in [5, 5.41) is 0.716. The fourth-order valence-corrected chi connectivity index (χ4v) is 9.05. The Labute approximate surface area is 200 Å². The van der Waals surface area contributed by atoms with E-state index in [9.17, 15) is 4.57 Å². The maximum Gasteiger partial charge on any atom is 0.360 e. The van der Waals surface area contributed by atoms with E-state index in [-0.39, 0.29) is 0 Å². The molecule has 1 unspecified atom stereocenters. The minimum absolute atomic E-state index is 0.454. The average Bonchev–Trinajstić information content (AvgIpc) is 3.27. The predicted molar refractivity (Wildman–Crippen MR) is 137 cm³/mol. The number of para-hydroxylation sites is 2. The van der Waals surface area contributed by atoms with E-state index in [0.717, 1.165) is 31.2 Å². The summed E-state index contributed by atoms with van der Waals surface area (Å²) in [6, 6.07) is 33.8. The molecule has 2 heterocycles. The van der Waals surface area contributed by atoms with Crippen molar-refractivity contribution in [3.05, 3.63) is 109 Å². The molecule has 0 saturated carbocycles. The van der Waals surface area contributed by atoms with Crippen molar-refractivity contribution in [2.75, 3.05) is 0 Å². The van der Waals surface area contributed by atoms with Gasteiger partial charge in [0, 0.05) is 17.7 Å². The number of nitrogens with zero attached hydrogens (tertiary/aromatic N) is 2. The molecule has 0 aliphatic carbocycles. The highest BCUT2D eigenvalue weighted by Crippen LogP contribution is 2.61. The summed E-state index contributed by atoms with van der Waals surface area (Å²) >= 11 is 3.00. The zero-order valence-electron chi connectivity index (χ0n) is 17.5. The molecular weight excluding hydrogens is 467 g/mol. The summed E-state index contributed by atoms with van der Waals surface area (Å²) in [6.07, 6.45) is 0. The predicted octanol–water partition coefficient (Wildman–Crippen LogP) is 7.38. The molecule has 0 bridgehead atoms. The van der Waals surface area contributed by atoms with Crippen LogP contribution in [0.2, 0.25) is 0 Å². The lowest BCUT2D eigenvalue weighted by molar-refractivity contribution is 0.443. The van der Waals surface area contributed by atoms with Crippen LogP contribution in [-0.2, 0) is 11.1 Å². The van der Waals surface area contributed by atoms with Crippen molar-refractivity contribution in [3.63, 3.8) is 0 Å². The SMILES string of the molecule is O=P1(N(Cc2ccccc2)Sc2nc3ccccc3s2)Oc2ccccc2-c2ccccc21. The van der Waals surface area contributed by atoms with Gasteiger partial charge in [0.25, 0.3) is 0 Å². The maximum atomic E-state index is 14.8. The minimum Gasteiger partial charge on any atom is -0.428 e. The van der Waals surface area contributed by atoms with Crippen LogP contribution in [0.4, 0.5) is 0 Å². The lowest BCUT2D eigenvalue weighted by Crippen LogP contribution is -2.27. The molecule has 1 aliphatic rings. The molecule has 0 spiro atoms. The van der Waals surface area contributed by atoms with Crippen LogP contribution in [0.15, 0.2) is 107 Å². The van der Waals surface area contributed by atoms with Crippen molar-refractivity contribution in [3.8, 4) is 16.9 Å².